The van der Waals surface area contributed by atoms with Crippen molar-refractivity contribution < 1.29 is 14.2 Å². The number of rotatable bonds is 11. The van der Waals surface area contributed by atoms with Crippen LogP contribution in [0.15, 0.2) is 72.3 Å². The number of nitrogens with one attached hydrogen (secondary N) is 3. The summed E-state index contributed by atoms with van der Waals surface area (Å²) in [6.45, 7) is 10.6. The van der Waals surface area contributed by atoms with E-state index >= 15 is 0 Å². The Morgan fingerprint density at radius 1 is 1.23 bits per heavy atom. The number of aromatic nitrogens is 2. The highest BCUT2D eigenvalue weighted by atomic mass is 16.5. The van der Waals surface area contributed by atoms with E-state index in [1.54, 1.807) is 32.5 Å². The van der Waals surface area contributed by atoms with Crippen molar-refractivity contribution >= 4 is 16.7 Å². The minimum Gasteiger partial charge on any atom is -0.493 e. The average Bonchev–Trinajstić information content (AvgIpc) is 3.34. The van der Waals surface area contributed by atoms with Crippen molar-refractivity contribution in [1.82, 2.24) is 25.1 Å². The van der Waals surface area contributed by atoms with Gasteiger partial charge in [0, 0.05) is 64.0 Å². The highest BCUT2D eigenvalue weighted by Crippen LogP contribution is 2.26. The molecule has 1 saturated heterocycles. The lowest BCUT2D eigenvalue weighted by Gasteiger charge is -2.34. The third kappa shape index (κ3) is 6.12. The van der Waals surface area contributed by atoms with Crippen LogP contribution in [0.1, 0.15) is 6.42 Å². The molecule has 2 aromatic rings. The zero-order chi connectivity index (χ0) is 24.6. The highest BCUT2D eigenvalue weighted by molar-refractivity contribution is 6.10. The average molecular weight is 479 g/mol. The van der Waals surface area contributed by atoms with E-state index in [0.29, 0.717) is 35.3 Å². The van der Waals surface area contributed by atoms with E-state index in [1.165, 1.54) is 0 Å². The van der Waals surface area contributed by atoms with E-state index < -0.39 is 0 Å². The van der Waals surface area contributed by atoms with Crippen LogP contribution in [0.25, 0.3) is 11.0 Å². The maximum absolute atomic E-state index is 8.57. The highest BCUT2D eigenvalue weighted by Gasteiger charge is 2.22. The van der Waals surface area contributed by atoms with Crippen molar-refractivity contribution in [2.24, 2.45) is 0 Å². The van der Waals surface area contributed by atoms with Gasteiger partial charge in [0.05, 0.1) is 31.2 Å². The van der Waals surface area contributed by atoms with Gasteiger partial charge in [-0.2, -0.15) is 0 Å². The lowest BCUT2D eigenvalue weighted by Crippen LogP contribution is -2.46. The number of H-pyrrole nitrogens is 1. The second-order valence-electron chi connectivity index (χ2n) is 8.45. The second-order valence-corrected chi connectivity index (χ2v) is 8.45. The summed E-state index contributed by atoms with van der Waals surface area (Å²) in [4.78, 5) is 12.3. The van der Waals surface area contributed by atoms with E-state index in [4.69, 9.17) is 19.6 Å². The van der Waals surface area contributed by atoms with Gasteiger partial charge in [0.2, 0.25) is 5.88 Å². The number of methoxy groups -OCH3 is 1. The Balaban J connectivity index is 1.35. The van der Waals surface area contributed by atoms with E-state index in [9.17, 15) is 0 Å². The summed E-state index contributed by atoms with van der Waals surface area (Å²) in [5.74, 6) is 2.13. The van der Waals surface area contributed by atoms with E-state index in [1.807, 2.05) is 24.4 Å². The van der Waals surface area contributed by atoms with Crippen molar-refractivity contribution in [3.8, 4) is 5.75 Å². The number of hydrogen-bond acceptors (Lipinski definition) is 8. The van der Waals surface area contributed by atoms with Gasteiger partial charge >= 0.3 is 0 Å². The first-order valence-corrected chi connectivity index (χ1v) is 11.9. The molecule has 2 aromatic heterocycles. The zero-order valence-electron chi connectivity index (χ0n) is 20.5. The Morgan fingerprint density at radius 2 is 2.03 bits per heavy atom. The van der Waals surface area contributed by atoms with E-state index in [0.717, 1.165) is 56.7 Å². The van der Waals surface area contributed by atoms with Crippen LogP contribution in [0.5, 0.6) is 5.75 Å². The van der Waals surface area contributed by atoms with Gasteiger partial charge in [-0.25, -0.2) is 4.98 Å². The Morgan fingerprint density at radius 3 is 2.77 bits per heavy atom. The van der Waals surface area contributed by atoms with Gasteiger partial charge in [-0.1, -0.05) is 6.08 Å². The molecule has 186 valence electrons. The molecule has 35 heavy (non-hydrogen) atoms. The van der Waals surface area contributed by atoms with Crippen molar-refractivity contribution in [1.29, 1.82) is 5.41 Å². The molecule has 0 amide bonds. The molecule has 2 aliphatic rings. The first kappa shape index (κ1) is 24.6. The quantitative estimate of drug-likeness (QED) is 0.259. The van der Waals surface area contributed by atoms with Crippen LogP contribution in [-0.4, -0.2) is 85.5 Å². The summed E-state index contributed by atoms with van der Waals surface area (Å²) in [6, 6.07) is 3.83. The predicted octanol–water partition coefficient (Wildman–Crippen LogP) is 3.03. The number of nitrogens with zero attached hydrogens (tertiary/aromatic N) is 3. The summed E-state index contributed by atoms with van der Waals surface area (Å²) in [6.07, 6.45) is 9.80. The molecule has 0 atom stereocenters. The van der Waals surface area contributed by atoms with Crippen molar-refractivity contribution in [3.63, 3.8) is 0 Å². The molecule has 0 saturated carbocycles. The number of aromatic amines is 1. The van der Waals surface area contributed by atoms with E-state index in [2.05, 4.69) is 31.7 Å². The molecule has 1 aliphatic carbocycles. The summed E-state index contributed by atoms with van der Waals surface area (Å²) in [5, 5.41) is 12.6. The zero-order valence-corrected chi connectivity index (χ0v) is 20.5. The number of allylic oxidation sites excluding steroid dienone is 3. The SMILES string of the molecule is C=CCN1CCN(CCCOC2=CC(=N)/C(=C(\NC)Oc3cnc4[nH]ccc4c3)C=C2OC)CC1. The molecule has 0 radical (unpaired) electrons. The van der Waals surface area contributed by atoms with Gasteiger partial charge in [-0.3, -0.25) is 10.3 Å². The predicted molar refractivity (Wildman–Crippen MR) is 137 cm³/mol. The number of fused-ring (bicyclic) bond motifs is 1. The third-order valence-electron chi connectivity index (χ3n) is 6.10. The third-order valence-corrected chi connectivity index (χ3v) is 6.10. The topological polar surface area (TPSA) is 98.7 Å². The first-order valence-electron chi connectivity index (χ1n) is 11.9. The molecule has 9 heteroatoms. The Hall–Kier alpha value is -3.56. The summed E-state index contributed by atoms with van der Waals surface area (Å²) < 4.78 is 17.6. The van der Waals surface area contributed by atoms with Crippen LogP contribution in [0, 0.1) is 5.41 Å². The number of pyridine rings is 1. The van der Waals surface area contributed by atoms with Crippen LogP contribution < -0.4 is 10.1 Å². The fourth-order valence-electron chi connectivity index (χ4n) is 4.20. The van der Waals surface area contributed by atoms with E-state index in [-0.39, 0.29) is 5.71 Å². The fourth-order valence-corrected chi connectivity index (χ4v) is 4.20. The minimum absolute atomic E-state index is 0.277. The minimum atomic E-state index is 0.277. The van der Waals surface area contributed by atoms with Gasteiger partial charge in [0.1, 0.15) is 11.4 Å². The fraction of sp³-hybridized carbons (Fsp3) is 0.385. The maximum atomic E-state index is 8.57. The van der Waals surface area contributed by atoms with Crippen LogP contribution in [0.4, 0.5) is 0 Å². The molecule has 1 fully saturated rings. The lowest BCUT2D eigenvalue weighted by molar-refractivity contribution is 0.122. The molecule has 0 unspecified atom stereocenters. The van der Waals surface area contributed by atoms with Crippen molar-refractivity contribution in [2.45, 2.75) is 6.42 Å². The van der Waals surface area contributed by atoms with Crippen LogP contribution >= 0.6 is 0 Å². The van der Waals surface area contributed by atoms with Crippen molar-refractivity contribution in [3.05, 3.63) is 72.3 Å². The van der Waals surface area contributed by atoms with Gasteiger partial charge < -0.3 is 29.4 Å². The Kier molecular flexibility index (Phi) is 8.23. The second kappa shape index (κ2) is 11.7. The van der Waals surface area contributed by atoms with Crippen molar-refractivity contribution in [2.75, 3.05) is 60.0 Å². The molecular weight excluding hydrogens is 444 g/mol. The number of ether oxygens (including phenoxy) is 3. The number of hydrogen-bond donors (Lipinski definition) is 3. The smallest absolute Gasteiger partial charge is 0.202 e. The molecule has 4 rings (SSSR count). The molecule has 0 spiro atoms. The maximum Gasteiger partial charge on any atom is 0.202 e. The van der Waals surface area contributed by atoms with Crippen LogP contribution in [-0.2, 0) is 9.47 Å². The van der Waals surface area contributed by atoms with Crippen LogP contribution in [0.2, 0.25) is 0 Å². The summed E-state index contributed by atoms with van der Waals surface area (Å²) >= 11 is 0. The lowest BCUT2D eigenvalue weighted by atomic mass is 10.0. The van der Waals surface area contributed by atoms with Gasteiger partial charge in [-0.05, 0) is 24.6 Å². The molecule has 0 aromatic carbocycles. The summed E-state index contributed by atoms with van der Waals surface area (Å²) in [5.41, 5.74) is 1.64. The van der Waals surface area contributed by atoms with Gasteiger partial charge in [-0.15, -0.1) is 6.58 Å². The normalized spacial score (nSPS) is 18.6. The molecule has 3 heterocycles. The molecule has 0 bridgehead atoms. The molecule has 3 N–H and O–H groups in total. The van der Waals surface area contributed by atoms with Gasteiger partial charge in [0.15, 0.2) is 11.5 Å². The molecular formula is C26H34N6O3. The largest absolute Gasteiger partial charge is 0.493 e. The first-order chi connectivity index (χ1) is 17.1. The molecule has 9 nitrogen and oxygen atoms in total. The molecule has 1 aliphatic heterocycles. The van der Waals surface area contributed by atoms with Gasteiger partial charge in [0.25, 0.3) is 0 Å². The Labute approximate surface area is 206 Å². The van der Waals surface area contributed by atoms with Crippen LogP contribution in [0.3, 0.4) is 0 Å². The monoisotopic (exact) mass is 478 g/mol. The number of piperazine rings is 1. The Bertz CT molecular complexity index is 1140. The summed E-state index contributed by atoms with van der Waals surface area (Å²) in [7, 11) is 3.35. The standard InChI is InChI=1S/C26H34N6O3/c1-4-8-31-10-12-32(13-11-31)9-5-14-34-24-17-22(27)21(16-23(24)33-3)26(28-2)35-20-15-19-6-7-29-25(19)30-18-20/h4,6-7,15-18,27-28H,1,5,8-14H2,2-3H3,(H,29,30)/b26-21+,27-22?.